The number of nitrogens with zero attached hydrogens (tertiary/aromatic N) is 1. The zero-order chi connectivity index (χ0) is 17.5. The number of hydrogen-bond acceptors (Lipinski definition) is 4. The number of benzene rings is 1. The molecule has 1 aliphatic rings. The van der Waals surface area contributed by atoms with E-state index in [-0.39, 0.29) is 30.8 Å². The summed E-state index contributed by atoms with van der Waals surface area (Å²) in [5.41, 5.74) is 2.41. The van der Waals surface area contributed by atoms with Gasteiger partial charge in [0.25, 0.3) is 0 Å². The minimum atomic E-state index is -0.333. The number of methoxy groups -OCH3 is 1. The first kappa shape index (κ1) is 18.3. The monoisotopic (exact) mass is 332 g/mol. The van der Waals surface area contributed by atoms with E-state index in [4.69, 9.17) is 0 Å². The molecule has 0 bridgehead atoms. The number of likely N-dealkylation sites (tertiary alicyclic amines) is 1. The molecule has 1 saturated heterocycles. The molecule has 1 aromatic rings. The number of amides is 1. The zero-order valence-electron chi connectivity index (χ0n) is 14.9. The van der Waals surface area contributed by atoms with E-state index < -0.39 is 0 Å². The molecule has 0 aliphatic carbocycles. The predicted octanol–water partition coefficient (Wildman–Crippen LogP) is 3.17. The second kappa shape index (κ2) is 8.71. The smallest absolute Gasteiger partial charge is 0.306 e. The quantitative estimate of drug-likeness (QED) is 0.813. The lowest BCUT2D eigenvalue weighted by molar-refractivity contribution is -0.143. The molecule has 0 aromatic heterocycles. The first-order valence-electron chi connectivity index (χ1n) is 8.70. The molecule has 24 heavy (non-hydrogen) atoms. The third-order valence-electron chi connectivity index (χ3n) is 4.49. The molecule has 1 atom stereocenters. The number of piperidine rings is 1. The van der Waals surface area contributed by atoms with Crippen molar-refractivity contribution in [2.24, 2.45) is 0 Å². The number of hydrogen-bond donors (Lipinski definition) is 1. The van der Waals surface area contributed by atoms with Gasteiger partial charge in [0.2, 0.25) is 5.91 Å². The van der Waals surface area contributed by atoms with Gasteiger partial charge in [0, 0.05) is 31.2 Å². The third-order valence-corrected chi connectivity index (χ3v) is 4.49. The van der Waals surface area contributed by atoms with Crippen molar-refractivity contribution in [2.75, 3.05) is 25.5 Å². The van der Waals surface area contributed by atoms with Gasteiger partial charge in [-0.3, -0.25) is 9.59 Å². The lowest BCUT2D eigenvalue weighted by Crippen LogP contribution is -2.45. The number of carbonyl (C=O) groups excluding carboxylic acids is 2. The van der Waals surface area contributed by atoms with Crippen molar-refractivity contribution in [1.82, 2.24) is 4.90 Å². The van der Waals surface area contributed by atoms with Gasteiger partial charge in [-0.25, -0.2) is 0 Å². The molecule has 0 spiro atoms. The Kier molecular flexibility index (Phi) is 6.64. The molecule has 1 aliphatic heterocycles. The predicted molar refractivity (Wildman–Crippen MR) is 95.0 cm³/mol. The molecular formula is C19H28N2O3. The summed E-state index contributed by atoms with van der Waals surface area (Å²) < 4.78 is 4.59. The normalized spacial score (nSPS) is 17.7. The van der Waals surface area contributed by atoms with Crippen LogP contribution in [-0.4, -0.2) is 43.0 Å². The van der Waals surface area contributed by atoms with Crippen molar-refractivity contribution in [3.63, 3.8) is 0 Å². The van der Waals surface area contributed by atoms with E-state index in [0.717, 1.165) is 25.1 Å². The van der Waals surface area contributed by atoms with Crippen molar-refractivity contribution in [3.05, 3.63) is 29.8 Å². The first-order chi connectivity index (χ1) is 11.5. The second-order valence-electron chi connectivity index (χ2n) is 6.68. The lowest BCUT2D eigenvalue weighted by Gasteiger charge is -2.33. The molecule has 0 unspecified atom stereocenters. The second-order valence-corrected chi connectivity index (χ2v) is 6.68. The Morgan fingerprint density at radius 1 is 1.25 bits per heavy atom. The van der Waals surface area contributed by atoms with Crippen LogP contribution in [0.4, 0.5) is 5.69 Å². The van der Waals surface area contributed by atoms with E-state index in [2.05, 4.69) is 48.2 Å². The summed E-state index contributed by atoms with van der Waals surface area (Å²) in [7, 11) is 1.35. The number of nitrogens with one attached hydrogen (secondary N) is 1. The molecule has 132 valence electrons. The Labute approximate surface area is 144 Å². The summed E-state index contributed by atoms with van der Waals surface area (Å²) in [5.74, 6) is 0.221. The highest BCUT2D eigenvalue weighted by molar-refractivity contribution is 5.81. The fraction of sp³-hybridized carbons (Fsp3) is 0.579. The van der Waals surface area contributed by atoms with E-state index in [0.29, 0.717) is 12.5 Å². The van der Waals surface area contributed by atoms with Crippen LogP contribution in [0.15, 0.2) is 24.3 Å². The van der Waals surface area contributed by atoms with Crippen molar-refractivity contribution in [3.8, 4) is 0 Å². The molecule has 1 N–H and O–H groups in total. The average Bonchev–Trinajstić information content (AvgIpc) is 2.60. The van der Waals surface area contributed by atoms with E-state index in [1.807, 2.05) is 4.90 Å². The van der Waals surface area contributed by atoms with Crippen LogP contribution in [0.3, 0.4) is 0 Å². The van der Waals surface area contributed by atoms with Gasteiger partial charge in [-0.15, -0.1) is 0 Å². The fourth-order valence-corrected chi connectivity index (χ4v) is 2.99. The molecule has 1 amide bonds. The molecule has 1 fully saturated rings. The lowest BCUT2D eigenvalue weighted by atomic mass is 10.0. The van der Waals surface area contributed by atoms with Crippen molar-refractivity contribution < 1.29 is 14.3 Å². The third kappa shape index (κ3) is 5.25. The van der Waals surface area contributed by atoms with Crippen LogP contribution in [0.25, 0.3) is 0 Å². The standard InChI is InChI=1S/C19H28N2O3/c1-14(2)15-6-8-16(9-7-15)20-17-5-4-12-21(13-17)18(22)10-11-19(23)24-3/h6-9,14,17,20H,4-5,10-13H2,1-3H3/t17-/m1/s1. The largest absolute Gasteiger partial charge is 0.469 e. The topological polar surface area (TPSA) is 58.6 Å². The fourth-order valence-electron chi connectivity index (χ4n) is 2.99. The zero-order valence-corrected chi connectivity index (χ0v) is 14.9. The summed E-state index contributed by atoms with van der Waals surface area (Å²) >= 11 is 0. The number of ether oxygens (including phenoxy) is 1. The van der Waals surface area contributed by atoms with Gasteiger partial charge >= 0.3 is 5.97 Å². The van der Waals surface area contributed by atoms with Gasteiger partial charge in [-0.1, -0.05) is 26.0 Å². The van der Waals surface area contributed by atoms with Crippen LogP contribution in [-0.2, 0) is 14.3 Å². The molecule has 0 saturated carbocycles. The molecule has 1 heterocycles. The summed E-state index contributed by atoms with van der Waals surface area (Å²) in [6, 6.07) is 8.76. The SMILES string of the molecule is COC(=O)CCC(=O)N1CCC[C@@H](Nc2ccc(C(C)C)cc2)C1. The van der Waals surface area contributed by atoms with Gasteiger partial charge < -0.3 is 15.0 Å². The maximum atomic E-state index is 12.2. The van der Waals surface area contributed by atoms with E-state index >= 15 is 0 Å². The number of anilines is 1. The Balaban J connectivity index is 1.86. The van der Waals surface area contributed by atoms with Crippen LogP contribution in [0.2, 0.25) is 0 Å². The summed E-state index contributed by atoms with van der Waals surface area (Å²) in [5, 5.41) is 3.52. The maximum absolute atomic E-state index is 12.2. The van der Waals surface area contributed by atoms with Gasteiger partial charge in [0.1, 0.15) is 0 Å². The summed E-state index contributed by atoms with van der Waals surface area (Å²) in [6.07, 6.45) is 2.40. The Hall–Kier alpha value is -2.04. The molecular weight excluding hydrogens is 304 g/mol. The maximum Gasteiger partial charge on any atom is 0.306 e. The van der Waals surface area contributed by atoms with Gasteiger partial charge in [0.15, 0.2) is 0 Å². The van der Waals surface area contributed by atoms with E-state index in [9.17, 15) is 9.59 Å². The van der Waals surface area contributed by atoms with Crippen molar-refractivity contribution in [1.29, 1.82) is 0 Å². The minimum Gasteiger partial charge on any atom is -0.469 e. The average molecular weight is 332 g/mol. The van der Waals surface area contributed by atoms with Gasteiger partial charge in [-0.05, 0) is 36.5 Å². The number of carbonyl (C=O) groups is 2. The molecule has 5 heteroatoms. The molecule has 1 aromatic carbocycles. The van der Waals surface area contributed by atoms with Crippen LogP contribution < -0.4 is 5.32 Å². The Bertz CT molecular complexity index is 554. The highest BCUT2D eigenvalue weighted by Crippen LogP contribution is 2.20. The minimum absolute atomic E-state index is 0.0297. The van der Waals surface area contributed by atoms with Crippen LogP contribution in [0.5, 0.6) is 0 Å². The van der Waals surface area contributed by atoms with Crippen LogP contribution in [0, 0.1) is 0 Å². The Morgan fingerprint density at radius 2 is 1.96 bits per heavy atom. The Morgan fingerprint density at radius 3 is 2.58 bits per heavy atom. The van der Waals surface area contributed by atoms with Crippen molar-refractivity contribution >= 4 is 17.6 Å². The van der Waals surface area contributed by atoms with Gasteiger partial charge in [0.05, 0.1) is 13.5 Å². The first-order valence-corrected chi connectivity index (χ1v) is 8.70. The van der Waals surface area contributed by atoms with Gasteiger partial charge in [-0.2, -0.15) is 0 Å². The number of esters is 1. The van der Waals surface area contributed by atoms with Crippen molar-refractivity contribution in [2.45, 2.75) is 51.5 Å². The van der Waals surface area contributed by atoms with E-state index in [1.54, 1.807) is 0 Å². The van der Waals surface area contributed by atoms with E-state index in [1.165, 1.54) is 12.7 Å². The summed E-state index contributed by atoms with van der Waals surface area (Å²) in [6.45, 7) is 5.82. The highest BCUT2D eigenvalue weighted by Gasteiger charge is 2.23. The summed E-state index contributed by atoms with van der Waals surface area (Å²) in [4.78, 5) is 25.3. The molecule has 2 rings (SSSR count). The molecule has 5 nitrogen and oxygen atoms in total. The van der Waals surface area contributed by atoms with Crippen LogP contribution in [0.1, 0.15) is 51.0 Å². The van der Waals surface area contributed by atoms with Crippen LogP contribution >= 0.6 is 0 Å². The molecule has 0 radical (unpaired) electrons. The highest BCUT2D eigenvalue weighted by atomic mass is 16.5. The number of rotatable bonds is 6.